The molecule has 0 amide bonds. The summed E-state index contributed by atoms with van der Waals surface area (Å²) in [5.74, 6) is 0. The highest BCUT2D eigenvalue weighted by Gasteiger charge is 2.02. The minimum atomic E-state index is 0.833. The van der Waals surface area contributed by atoms with Crippen molar-refractivity contribution in [2.24, 2.45) is 0 Å². The number of rotatable bonds is 0. The molecule has 0 saturated heterocycles. The Labute approximate surface area is 84.6 Å². The summed E-state index contributed by atoms with van der Waals surface area (Å²) in [6, 6.07) is 1.95. The maximum absolute atomic E-state index is 4.17. The molecule has 0 aliphatic carbocycles. The normalized spacial score (nSPS) is 10.0. The fourth-order valence-electron chi connectivity index (χ4n) is 0.581. The molecule has 10 heavy (non-hydrogen) atoms. The van der Waals surface area contributed by atoms with Crippen LogP contribution in [0.1, 0.15) is 5.69 Å². The molecule has 0 aromatic carbocycles. The van der Waals surface area contributed by atoms with Crippen molar-refractivity contribution in [2.75, 3.05) is 0 Å². The van der Waals surface area contributed by atoms with Crippen molar-refractivity contribution in [3.05, 3.63) is 25.3 Å². The average Bonchev–Trinajstić information content (AvgIpc) is 1.82. The van der Waals surface area contributed by atoms with Gasteiger partial charge in [-0.05, 0) is 60.8 Å². The molecule has 0 atom stereocenters. The van der Waals surface area contributed by atoms with E-state index in [0.29, 0.717) is 0 Å². The third kappa shape index (κ3) is 1.80. The van der Waals surface area contributed by atoms with Crippen molar-refractivity contribution in [1.29, 1.82) is 0 Å². The predicted octanol–water partition coefficient (Wildman–Crippen LogP) is 3.68. The van der Waals surface area contributed by atoms with Gasteiger partial charge in [0.05, 0.1) is 4.47 Å². The summed E-state index contributed by atoms with van der Waals surface area (Å²) in [5.41, 5.74) is 0.988. The van der Waals surface area contributed by atoms with Crippen LogP contribution in [0.25, 0.3) is 0 Å². The first-order valence-electron chi connectivity index (χ1n) is 2.59. The number of halogens is 3. The summed E-state index contributed by atoms with van der Waals surface area (Å²) in [6.45, 7) is 1.95. The zero-order valence-corrected chi connectivity index (χ0v) is 9.92. The second kappa shape index (κ2) is 3.32. The summed E-state index contributed by atoms with van der Waals surface area (Å²) in [4.78, 5) is 4.17. The maximum atomic E-state index is 4.17. The van der Waals surface area contributed by atoms with E-state index in [0.717, 1.165) is 19.2 Å². The van der Waals surface area contributed by atoms with Gasteiger partial charge in [0.2, 0.25) is 0 Å². The molecule has 1 aromatic heterocycles. The molecule has 4 heteroatoms. The van der Waals surface area contributed by atoms with Crippen LogP contribution in [0.4, 0.5) is 0 Å². The smallest absolute Gasteiger partial charge is 0.121 e. The van der Waals surface area contributed by atoms with Gasteiger partial charge in [0, 0.05) is 10.2 Å². The lowest BCUT2D eigenvalue weighted by molar-refractivity contribution is 1.14. The van der Waals surface area contributed by atoms with Gasteiger partial charge < -0.3 is 0 Å². The lowest BCUT2D eigenvalue weighted by atomic mass is 10.4. The molecule has 0 fully saturated rings. The fraction of sp³-hybridized carbons (Fsp3) is 0.167. The van der Waals surface area contributed by atoms with E-state index in [2.05, 4.69) is 52.8 Å². The first-order chi connectivity index (χ1) is 4.61. The molecule has 0 unspecified atom stereocenters. The third-order valence-electron chi connectivity index (χ3n) is 1.00. The molecular weight excluding hydrogens is 326 g/mol. The number of aromatic nitrogens is 1. The van der Waals surface area contributed by atoms with Gasteiger partial charge in [-0.3, -0.25) is 0 Å². The van der Waals surface area contributed by atoms with Gasteiger partial charge in [0.1, 0.15) is 4.60 Å². The SMILES string of the molecule is Cc1cc(Br)c(Br)c(Br)n1. The molecule has 1 rings (SSSR count). The second-order valence-electron chi connectivity index (χ2n) is 1.85. The molecule has 0 saturated carbocycles. The Bertz CT molecular complexity index is 236. The van der Waals surface area contributed by atoms with Crippen molar-refractivity contribution in [1.82, 2.24) is 4.98 Å². The van der Waals surface area contributed by atoms with Crippen LogP contribution in [0.3, 0.4) is 0 Å². The third-order valence-corrected chi connectivity index (χ3v) is 4.07. The van der Waals surface area contributed by atoms with Crippen LogP contribution in [0.15, 0.2) is 19.6 Å². The van der Waals surface area contributed by atoms with Crippen LogP contribution < -0.4 is 0 Å². The molecule has 0 spiro atoms. The highest BCUT2D eigenvalue weighted by molar-refractivity contribution is 9.14. The number of hydrogen-bond acceptors (Lipinski definition) is 1. The Morgan fingerprint density at radius 1 is 1.30 bits per heavy atom. The topological polar surface area (TPSA) is 12.9 Å². The second-order valence-corrected chi connectivity index (χ2v) is 4.25. The summed E-state index contributed by atoms with van der Waals surface area (Å²) >= 11 is 10.0. The zero-order valence-electron chi connectivity index (χ0n) is 5.16. The van der Waals surface area contributed by atoms with Gasteiger partial charge in [0.15, 0.2) is 0 Å². The maximum Gasteiger partial charge on any atom is 0.121 e. The Kier molecular flexibility index (Phi) is 2.89. The predicted molar refractivity (Wildman–Crippen MR) is 52.1 cm³/mol. The molecule has 0 aliphatic heterocycles. The Morgan fingerprint density at radius 3 is 2.40 bits per heavy atom. The van der Waals surface area contributed by atoms with E-state index in [1.807, 2.05) is 13.0 Å². The minimum Gasteiger partial charge on any atom is -0.245 e. The zero-order chi connectivity index (χ0) is 7.72. The van der Waals surface area contributed by atoms with E-state index in [4.69, 9.17) is 0 Å². The van der Waals surface area contributed by atoms with Gasteiger partial charge >= 0.3 is 0 Å². The monoisotopic (exact) mass is 327 g/mol. The van der Waals surface area contributed by atoms with E-state index in [1.165, 1.54) is 0 Å². The van der Waals surface area contributed by atoms with E-state index in [-0.39, 0.29) is 0 Å². The van der Waals surface area contributed by atoms with Crippen molar-refractivity contribution < 1.29 is 0 Å². The molecule has 0 bridgehead atoms. The summed E-state index contributed by atoms with van der Waals surface area (Å²) < 4.78 is 2.81. The fourth-order valence-corrected chi connectivity index (χ4v) is 2.06. The van der Waals surface area contributed by atoms with Crippen molar-refractivity contribution in [3.8, 4) is 0 Å². The van der Waals surface area contributed by atoms with Crippen LogP contribution in [0.5, 0.6) is 0 Å². The summed E-state index contributed by atoms with van der Waals surface area (Å²) in [7, 11) is 0. The first-order valence-corrected chi connectivity index (χ1v) is 4.97. The van der Waals surface area contributed by atoms with Crippen LogP contribution >= 0.6 is 47.8 Å². The van der Waals surface area contributed by atoms with E-state index < -0.39 is 0 Å². The van der Waals surface area contributed by atoms with Gasteiger partial charge in [0.25, 0.3) is 0 Å². The molecule has 0 N–H and O–H groups in total. The van der Waals surface area contributed by atoms with E-state index >= 15 is 0 Å². The van der Waals surface area contributed by atoms with E-state index in [9.17, 15) is 0 Å². The molecular formula is C6H4Br3N. The molecule has 0 aliphatic rings. The van der Waals surface area contributed by atoms with Crippen LogP contribution in [-0.4, -0.2) is 4.98 Å². The van der Waals surface area contributed by atoms with Gasteiger partial charge in [-0.1, -0.05) is 0 Å². The van der Waals surface area contributed by atoms with Crippen LogP contribution in [0.2, 0.25) is 0 Å². The van der Waals surface area contributed by atoms with E-state index in [1.54, 1.807) is 0 Å². The van der Waals surface area contributed by atoms with Crippen molar-refractivity contribution in [3.63, 3.8) is 0 Å². The van der Waals surface area contributed by atoms with Crippen LogP contribution in [0, 0.1) is 6.92 Å². The lowest BCUT2D eigenvalue weighted by Crippen LogP contribution is -1.83. The molecule has 0 radical (unpaired) electrons. The number of aryl methyl sites for hydroxylation is 1. The standard InChI is InChI=1S/C6H4Br3N/c1-3-2-4(7)5(8)6(9)10-3/h2H,1H3. The van der Waals surface area contributed by atoms with Crippen molar-refractivity contribution in [2.45, 2.75) is 6.92 Å². The number of hydrogen-bond donors (Lipinski definition) is 0. The Morgan fingerprint density at radius 2 is 1.90 bits per heavy atom. The quantitative estimate of drug-likeness (QED) is 0.662. The largest absolute Gasteiger partial charge is 0.245 e. The van der Waals surface area contributed by atoms with Crippen molar-refractivity contribution >= 4 is 47.8 Å². The average molecular weight is 330 g/mol. The molecule has 1 aromatic rings. The Hall–Kier alpha value is 0.590. The highest BCUT2D eigenvalue weighted by atomic mass is 79.9. The Balaban J connectivity index is 3.31. The number of pyridine rings is 1. The summed E-state index contributed by atoms with van der Waals surface area (Å²) in [6.07, 6.45) is 0. The van der Waals surface area contributed by atoms with Gasteiger partial charge in [-0.15, -0.1) is 0 Å². The van der Waals surface area contributed by atoms with Crippen LogP contribution in [-0.2, 0) is 0 Å². The van der Waals surface area contributed by atoms with Gasteiger partial charge in [-0.2, -0.15) is 0 Å². The van der Waals surface area contributed by atoms with Gasteiger partial charge in [-0.25, -0.2) is 4.98 Å². The lowest BCUT2D eigenvalue weighted by Gasteiger charge is -1.99. The summed E-state index contributed by atoms with van der Waals surface area (Å²) in [5, 5.41) is 0. The molecule has 54 valence electrons. The molecule has 1 nitrogen and oxygen atoms in total. The first kappa shape index (κ1) is 8.68. The highest BCUT2D eigenvalue weighted by Crippen LogP contribution is 2.29. The molecule has 1 heterocycles. The minimum absolute atomic E-state index is 0.833. The number of nitrogens with zero attached hydrogens (tertiary/aromatic N) is 1.